The average molecular weight is 454 g/mol. The van der Waals surface area contributed by atoms with Crippen LogP contribution in [-0.4, -0.2) is 54.3 Å². The minimum atomic E-state index is -0.458. The van der Waals surface area contributed by atoms with Crippen molar-refractivity contribution >= 4 is 36.0 Å². The van der Waals surface area contributed by atoms with Gasteiger partial charge in [-0.3, -0.25) is 4.99 Å². The van der Waals surface area contributed by atoms with Gasteiger partial charge in [-0.15, -0.1) is 24.0 Å². The second kappa shape index (κ2) is 11.0. The summed E-state index contributed by atoms with van der Waals surface area (Å²) in [6.07, 6.45) is 2.94. The van der Waals surface area contributed by atoms with Gasteiger partial charge in [0.25, 0.3) is 0 Å². The van der Waals surface area contributed by atoms with E-state index < -0.39 is 5.60 Å². The van der Waals surface area contributed by atoms with E-state index in [0.29, 0.717) is 25.2 Å². The Morgan fingerprint density at radius 2 is 1.96 bits per heavy atom. The molecule has 0 heterocycles. The number of amides is 1. The Hall–Kier alpha value is -0.730. The van der Waals surface area contributed by atoms with Crippen molar-refractivity contribution in [3.05, 3.63) is 0 Å². The fourth-order valence-corrected chi connectivity index (χ4v) is 2.05. The van der Waals surface area contributed by atoms with Crippen LogP contribution >= 0.6 is 24.0 Å². The Labute approximate surface area is 164 Å². The Morgan fingerprint density at radius 3 is 2.42 bits per heavy atom. The van der Waals surface area contributed by atoms with E-state index in [1.54, 1.807) is 0 Å². The highest BCUT2D eigenvalue weighted by Gasteiger charge is 2.34. The largest absolute Gasteiger partial charge is 0.444 e. The minimum absolute atomic E-state index is 0. The summed E-state index contributed by atoms with van der Waals surface area (Å²) in [4.78, 5) is 18.7. The standard InChI is InChI=1S/C17H34N4O2.HI/c1-7-13(3)20-15(18-8-2)19-11-12-21(14-9-10-14)16(22)23-17(4,5)6;/h13-14H,7-12H2,1-6H3,(H2,18,19,20);1H. The Kier molecular flexibility index (Phi) is 10.7. The van der Waals surface area contributed by atoms with Crippen molar-refractivity contribution in [2.24, 2.45) is 4.99 Å². The Bertz CT molecular complexity index is 406. The highest BCUT2D eigenvalue weighted by atomic mass is 127. The highest BCUT2D eigenvalue weighted by Crippen LogP contribution is 2.28. The summed E-state index contributed by atoms with van der Waals surface area (Å²) in [5.74, 6) is 0.807. The molecule has 24 heavy (non-hydrogen) atoms. The predicted molar refractivity (Wildman–Crippen MR) is 110 cm³/mol. The molecule has 0 aromatic carbocycles. The molecule has 1 unspecified atom stereocenters. The molecule has 1 rings (SSSR count). The molecule has 6 nitrogen and oxygen atoms in total. The van der Waals surface area contributed by atoms with E-state index in [4.69, 9.17) is 4.74 Å². The third kappa shape index (κ3) is 9.54. The van der Waals surface area contributed by atoms with Crippen molar-refractivity contribution in [3.63, 3.8) is 0 Å². The van der Waals surface area contributed by atoms with Gasteiger partial charge in [0.05, 0.1) is 6.54 Å². The first kappa shape index (κ1) is 23.3. The maximum atomic E-state index is 12.3. The lowest BCUT2D eigenvalue weighted by molar-refractivity contribution is 0.0240. The molecule has 2 N–H and O–H groups in total. The molecule has 0 aromatic rings. The molecule has 1 atom stereocenters. The third-order valence-corrected chi connectivity index (χ3v) is 3.57. The summed E-state index contributed by atoms with van der Waals surface area (Å²) in [7, 11) is 0. The zero-order valence-electron chi connectivity index (χ0n) is 16.0. The molecular formula is C17H35IN4O2. The summed E-state index contributed by atoms with van der Waals surface area (Å²) in [6.45, 7) is 14.0. The van der Waals surface area contributed by atoms with Crippen molar-refractivity contribution in [1.29, 1.82) is 0 Å². The first-order valence-electron chi connectivity index (χ1n) is 8.81. The van der Waals surface area contributed by atoms with Gasteiger partial charge in [-0.25, -0.2) is 4.79 Å². The van der Waals surface area contributed by atoms with Crippen LogP contribution in [-0.2, 0) is 4.74 Å². The van der Waals surface area contributed by atoms with Gasteiger partial charge in [0.15, 0.2) is 5.96 Å². The monoisotopic (exact) mass is 454 g/mol. The topological polar surface area (TPSA) is 66.0 Å². The Balaban J connectivity index is 0.00000529. The van der Waals surface area contributed by atoms with Crippen LogP contribution in [0, 0.1) is 0 Å². The number of nitrogens with one attached hydrogen (secondary N) is 2. The van der Waals surface area contributed by atoms with Crippen LogP contribution in [0.15, 0.2) is 4.99 Å². The molecule has 7 heteroatoms. The quantitative estimate of drug-likeness (QED) is 0.352. The number of carbonyl (C=O) groups is 1. The fourth-order valence-electron chi connectivity index (χ4n) is 2.05. The van der Waals surface area contributed by atoms with Crippen LogP contribution < -0.4 is 10.6 Å². The lowest BCUT2D eigenvalue weighted by Gasteiger charge is -2.27. The van der Waals surface area contributed by atoms with Crippen molar-refractivity contribution < 1.29 is 9.53 Å². The molecule has 0 radical (unpaired) electrons. The number of carbonyl (C=O) groups excluding carboxylic acids is 1. The maximum Gasteiger partial charge on any atom is 0.410 e. The number of hydrogen-bond donors (Lipinski definition) is 2. The van der Waals surface area contributed by atoms with Crippen molar-refractivity contribution in [3.8, 4) is 0 Å². The van der Waals surface area contributed by atoms with Crippen LogP contribution in [0.4, 0.5) is 4.79 Å². The van der Waals surface area contributed by atoms with E-state index in [9.17, 15) is 4.79 Å². The van der Waals surface area contributed by atoms with Gasteiger partial charge in [-0.05, 0) is 53.9 Å². The molecule has 1 aliphatic rings. The second-order valence-corrected chi connectivity index (χ2v) is 7.12. The molecule has 0 bridgehead atoms. The summed E-state index contributed by atoms with van der Waals surface area (Å²) < 4.78 is 5.50. The van der Waals surface area contributed by atoms with Gasteiger partial charge in [0.2, 0.25) is 0 Å². The second-order valence-electron chi connectivity index (χ2n) is 7.12. The maximum absolute atomic E-state index is 12.3. The summed E-state index contributed by atoms with van der Waals surface area (Å²) in [5, 5.41) is 6.60. The van der Waals surface area contributed by atoms with E-state index >= 15 is 0 Å². The number of nitrogens with zero attached hydrogens (tertiary/aromatic N) is 2. The van der Waals surface area contributed by atoms with Crippen LogP contribution in [0.2, 0.25) is 0 Å². The number of rotatable bonds is 7. The van der Waals surface area contributed by atoms with Gasteiger partial charge in [-0.1, -0.05) is 6.92 Å². The van der Waals surface area contributed by atoms with E-state index in [2.05, 4.69) is 29.5 Å². The van der Waals surface area contributed by atoms with Crippen molar-refractivity contribution in [2.75, 3.05) is 19.6 Å². The molecule has 1 saturated carbocycles. The molecule has 1 fully saturated rings. The first-order chi connectivity index (χ1) is 10.8. The molecule has 0 saturated heterocycles. The highest BCUT2D eigenvalue weighted by molar-refractivity contribution is 14.0. The van der Waals surface area contributed by atoms with Crippen molar-refractivity contribution in [2.45, 2.75) is 78.5 Å². The summed E-state index contributed by atoms with van der Waals surface area (Å²) in [6, 6.07) is 0.698. The molecule has 142 valence electrons. The lowest BCUT2D eigenvalue weighted by Crippen LogP contribution is -2.43. The van der Waals surface area contributed by atoms with Crippen molar-refractivity contribution in [1.82, 2.24) is 15.5 Å². The van der Waals surface area contributed by atoms with E-state index in [0.717, 1.165) is 31.8 Å². The SMILES string of the molecule is CCNC(=NCCN(C(=O)OC(C)(C)C)C1CC1)NC(C)CC.I. The van der Waals surface area contributed by atoms with Crippen LogP contribution in [0.5, 0.6) is 0 Å². The predicted octanol–water partition coefficient (Wildman–Crippen LogP) is 3.36. The summed E-state index contributed by atoms with van der Waals surface area (Å²) in [5.41, 5.74) is -0.458. The molecule has 1 amide bonds. The normalized spacial score (nSPS) is 16.0. The number of hydrogen-bond acceptors (Lipinski definition) is 3. The molecule has 0 aromatic heterocycles. The van der Waals surface area contributed by atoms with Crippen LogP contribution in [0.1, 0.15) is 60.8 Å². The Morgan fingerprint density at radius 1 is 1.33 bits per heavy atom. The van der Waals surface area contributed by atoms with E-state index in [-0.39, 0.29) is 30.1 Å². The third-order valence-electron chi connectivity index (χ3n) is 3.57. The zero-order chi connectivity index (χ0) is 17.5. The fraction of sp³-hybridized carbons (Fsp3) is 0.882. The van der Waals surface area contributed by atoms with E-state index in [1.807, 2.05) is 32.6 Å². The number of ether oxygens (including phenoxy) is 1. The summed E-state index contributed by atoms with van der Waals surface area (Å²) >= 11 is 0. The van der Waals surface area contributed by atoms with Crippen LogP contribution in [0.3, 0.4) is 0 Å². The van der Waals surface area contributed by atoms with Gasteiger partial charge < -0.3 is 20.3 Å². The van der Waals surface area contributed by atoms with E-state index in [1.165, 1.54) is 0 Å². The molecule has 0 aliphatic heterocycles. The number of aliphatic imine (C=N–C) groups is 1. The van der Waals surface area contributed by atoms with Gasteiger partial charge >= 0.3 is 6.09 Å². The van der Waals surface area contributed by atoms with Crippen LogP contribution in [0.25, 0.3) is 0 Å². The minimum Gasteiger partial charge on any atom is -0.444 e. The average Bonchev–Trinajstić information content (AvgIpc) is 3.25. The first-order valence-corrected chi connectivity index (χ1v) is 8.81. The van der Waals surface area contributed by atoms with Gasteiger partial charge in [0, 0.05) is 25.2 Å². The molecule has 1 aliphatic carbocycles. The number of guanidine groups is 1. The smallest absolute Gasteiger partial charge is 0.410 e. The molecule has 0 spiro atoms. The van der Waals surface area contributed by atoms with Gasteiger partial charge in [-0.2, -0.15) is 0 Å². The zero-order valence-corrected chi connectivity index (χ0v) is 18.3. The lowest BCUT2D eigenvalue weighted by atomic mass is 10.2. The number of halogens is 1. The molecular weight excluding hydrogens is 419 g/mol. The van der Waals surface area contributed by atoms with Gasteiger partial charge in [0.1, 0.15) is 5.60 Å².